The lowest BCUT2D eigenvalue weighted by atomic mass is 10.0. The van der Waals surface area contributed by atoms with Gasteiger partial charge in [-0.05, 0) is 24.7 Å². The minimum atomic E-state index is -3.31. The van der Waals surface area contributed by atoms with Gasteiger partial charge in [-0.2, -0.15) is 0 Å². The molecule has 0 saturated heterocycles. The first-order chi connectivity index (χ1) is 7.59. The molecule has 0 radical (unpaired) electrons. The predicted octanol–water partition coefficient (Wildman–Crippen LogP) is 1.21. The van der Waals surface area contributed by atoms with Crippen molar-refractivity contribution in [3.63, 3.8) is 0 Å². The molecule has 1 aliphatic carbocycles. The molecule has 0 aromatic heterocycles. The molecule has 0 bridgehead atoms. The number of carboxylic acids is 1. The van der Waals surface area contributed by atoms with Crippen LogP contribution in [0, 0.1) is 11.3 Å². The Balaban J connectivity index is 2.53. The topological polar surface area (TPSA) is 83.5 Å². The molecular formula is C11H21NO4S. The van der Waals surface area contributed by atoms with Gasteiger partial charge >= 0.3 is 5.97 Å². The van der Waals surface area contributed by atoms with Gasteiger partial charge in [0, 0.05) is 6.04 Å². The minimum absolute atomic E-state index is 0.0637. The molecule has 1 aliphatic rings. The van der Waals surface area contributed by atoms with E-state index in [1.54, 1.807) is 0 Å². The monoisotopic (exact) mass is 263 g/mol. The van der Waals surface area contributed by atoms with E-state index in [0.717, 1.165) is 0 Å². The van der Waals surface area contributed by atoms with Crippen LogP contribution in [0.15, 0.2) is 0 Å². The van der Waals surface area contributed by atoms with Crippen molar-refractivity contribution in [1.29, 1.82) is 0 Å². The number of hydrogen-bond acceptors (Lipinski definition) is 3. The van der Waals surface area contributed by atoms with E-state index in [1.807, 2.05) is 20.8 Å². The average Bonchev–Trinajstić information content (AvgIpc) is 2.46. The highest BCUT2D eigenvalue weighted by atomic mass is 32.2. The fourth-order valence-corrected chi connectivity index (χ4v) is 4.12. The number of aliphatic carboxylic acids is 1. The maximum absolute atomic E-state index is 11.8. The normalized spacial score (nSPS) is 26.1. The number of sulfonamides is 1. The van der Waals surface area contributed by atoms with Crippen LogP contribution in [0.2, 0.25) is 0 Å². The molecule has 2 N–H and O–H groups in total. The molecule has 1 fully saturated rings. The summed E-state index contributed by atoms with van der Waals surface area (Å²) in [6.07, 6.45) is 1.57. The lowest BCUT2D eigenvalue weighted by Gasteiger charge is -2.20. The van der Waals surface area contributed by atoms with Gasteiger partial charge in [0.25, 0.3) is 0 Å². The predicted molar refractivity (Wildman–Crippen MR) is 65.1 cm³/mol. The number of carbonyl (C=O) groups is 1. The Morgan fingerprint density at radius 1 is 1.35 bits per heavy atom. The molecule has 2 atom stereocenters. The summed E-state index contributed by atoms with van der Waals surface area (Å²) in [5.74, 6) is -1.17. The van der Waals surface area contributed by atoms with Crippen LogP contribution < -0.4 is 4.72 Å². The van der Waals surface area contributed by atoms with Crippen molar-refractivity contribution < 1.29 is 18.3 Å². The summed E-state index contributed by atoms with van der Waals surface area (Å²) in [6, 6.07) is -0.219. The van der Waals surface area contributed by atoms with Crippen molar-refractivity contribution in [1.82, 2.24) is 4.72 Å². The smallest absolute Gasteiger partial charge is 0.306 e. The van der Waals surface area contributed by atoms with E-state index >= 15 is 0 Å². The van der Waals surface area contributed by atoms with Crippen LogP contribution in [0.25, 0.3) is 0 Å². The second-order valence-electron chi connectivity index (χ2n) is 5.98. The van der Waals surface area contributed by atoms with Crippen molar-refractivity contribution in [2.45, 2.75) is 46.1 Å². The quantitative estimate of drug-likeness (QED) is 0.798. The number of hydrogen-bond donors (Lipinski definition) is 2. The molecule has 0 spiro atoms. The average molecular weight is 263 g/mol. The lowest BCUT2D eigenvalue weighted by Crippen LogP contribution is -2.38. The third-order valence-electron chi connectivity index (χ3n) is 2.75. The molecular weight excluding hydrogens is 242 g/mol. The third-order valence-corrected chi connectivity index (χ3v) is 4.69. The first kappa shape index (κ1) is 14.4. The summed E-state index contributed by atoms with van der Waals surface area (Å²) >= 11 is 0. The van der Waals surface area contributed by atoms with Crippen LogP contribution >= 0.6 is 0 Å². The summed E-state index contributed by atoms with van der Waals surface area (Å²) in [4.78, 5) is 10.8. The van der Waals surface area contributed by atoms with E-state index in [1.165, 1.54) is 0 Å². The van der Waals surface area contributed by atoms with Crippen molar-refractivity contribution in [2.24, 2.45) is 11.3 Å². The van der Waals surface area contributed by atoms with E-state index < -0.39 is 21.9 Å². The van der Waals surface area contributed by atoms with Gasteiger partial charge in [0.05, 0.1) is 11.7 Å². The lowest BCUT2D eigenvalue weighted by molar-refractivity contribution is -0.141. The Morgan fingerprint density at radius 3 is 2.35 bits per heavy atom. The van der Waals surface area contributed by atoms with Crippen LogP contribution in [0.5, 0.6) is 0 Å². The largest absolute Gasteiger partial charge is 0.481 e. The summed E-state index contributed by atoms with van der Waals surface area (Å²) in [5, 5.41) is 8.84. The molecule has 0 heterocycles. The highest BCUT2D eigenvalue weighted by Crippen LogP contribution is 2.26. The zero-order chi connectivity index (χ0) is 13.3. The summed E-state index contributed by atoms with van der Waals surface area (Å²) in [7, 11) is -3.31. The standard InChI is InChI=1S/C11H21NO4S/c1-11(2,3)7-17(15,16)12-9-5-4-8(6-9)10(13)14/h8-9,12H,4-7H2,1-3H3,(H,13,14). The molecule has 0 amide bonds. The van der Waals surface area contributed by atoms with Crippen LogP contribution in [-0.4, -0.2) is 31.3 Å². The fourth-order valence-electron chi connectivity index (χ4n) is 2.18. The number of carboxylic acid groups (broad SMARTS) is 1. The number of nitrogens with one attached hydrogen (secondary N) is 1. The molecule has 5 nitrogen and oxygen atoms in total. The maximum Gasteiger partial charge on any atom is 0.306 e. The second kappa shape index (κ2) is 4.94. The van der Waals surface area contributed by atoms with Gasteiger partial charge in [0.2, 0.25) is 10.0 Å². The fraction of sp³-hybridized carbons (Fsp3) is 0.909. The number of rotatable bonds is 4. The minimum Gasteiger partial charge on any atom is -0.481 e. The third kappa shape index (κ3) is 5.04. The summed E-state index contributed by atoms with van der Waals surface area (Å²) in [6.45, 7) is 5.59. The molecule has 0 aliphatic heterocycles. The zero-order valence-electron chi connectivity index (χ0n) is 10.6. The van der Waals surface area contributed by atoms with Crippen molar-refractivity contribution >= 4 is 16.0 Å². The Morgan fingerprint density at radius 2 is 1.94 bits per heavy atom. The van der Waals surface area contributed by atoms with Gasteiger partial charge in [-0.25, -0.2) is 13.1 Å². The first-order valence-electron chi connectivity index (χ1n) is 5.82. The SMILES string of the molecule is CC(C)(C)CS(=O)(=O)NC1CCC(C(=O)O)C1. The highest BCUT2D eigenvalue weighted by Gasteiger charge is 2.33. The van der Waals surface area contributed by atoms with E-state index in [4.69, 9.17) is 5.11 Å². The van der Waals surface area contributed by atoms with Gasteiger partial charge in [-0.3, -0.25) is 4.79 Å². The van der Waals surface area contributed by atoms with Crippen LogP contribution in [0.3, 0.4) is 0 Å². The molecule has 0 aromatic carbocycles. The van der Waals surface area contributed by atoms with Gasteiger partial charge in [0.15, 0.2) is 0 Å². The Labute approximate surface area is 103 Å². The molecule has 6 heteroatoms. The molecule has 100 valence electrons. The molecule has 1 saturated carbocycles. The summed E-state index contributed by atoms with van der Waals surface area (Å²) in [5.41, 5.74) is -0.295. The molecule has 17 heavy (non-hydrogen) atoms. The van der Waals surface area contributed by atoms with Gasteiger partial charge in [0.1, 0.15) is 0 Å². The van der Waals surface area contributed by atoms with Crippen LogP contribution in [-0.2, 0) is 14.8 Å². The van der Waals surface area contributed by atoms with E-state index in [9.17, 15) is 13.2 Å². The van der Waals surface area contributed by atoms with Gasteiger partial charge in [-0.1, -0.05) is 20.8 Å². The highest BCUT2D eigenvalue weighted by molar-refractivity contribution is 7.89. The Hall–Kier alpha value is -0.620. The Kier molecular flexibility index (Phi) is 4.19. The van der Waals surface area contributed by atoms with Gasteiger partial charge < -0.3 is 5.11 Å². The molecule has 1 rings (SSSR count). The summed E-state index contributed by atoms with van der Waals surface area (Å²) < 4.78 is 26.2. The van der Waals surface area contributed by atoms with E-state index in [-0.39, 0.29) is 17.2 Å². The molecule has 2 unspecified atom stereocenters. The van der Waals surface area contributed by atoms with E-state index in [2.05, 4.69) is 4.72 Å². The van der Waals surface area contributed by atoms with Crippen LogP contribution in [0.1, 0.15) is 40.0 Å². The maximum atomic E-state index is 11.8. The van der Waals surface area contributed by atoms with Crippen LogP contribution in [0.4, 0.5) is 0 Å². The van der Waals surface area contributed by atoms with Crippen molar-refractivity contribution in [3.8, 4) is 0 Å². The first-order valence-corrected chi connectivity index (χ1v) is 7.47. The second-order valence-corrected chi connectivity index (χ2v) is 7.74. The molecule has 0 aromatic rings. The zero-order valence-corrected chi connectivity index (χ0v) is 11.4. The van der Waals surface area contributed by atoms with E-state index in [0.29, 0.717) is 19.3 Å². The van der Waals surface area contributed by atoms with Crippen molar-refractivity contribution in [2.75, 3.05) is 5.75 Å². The van der Waals surface area contributed by atoms with Gasteiger partial charge in [-0.15, -0.1) is 0 Å². The Bertz CT molecular complexity index is 383. The van der Waals surface area contributed by atoms with Crippen molar-refractivity contribution in [3.05, 3.63) is 0 Å².